The number of ketones is 2. The van der Waals surface area contributed by atoms with Crippen LogP contribution in [0.1, 0.15) is 172 Å². The van der Waals surface area contributed by atoms with Gasteiger partial charge < -0.3 is 49.4 Å². The molecule has 21 nitrogen and oxygen atoms in total. The Morgan fingerprint density at radius 2 is 0.971 bits per heavy atom. The minimum absolute atomic E-state index is 0.0492. The monoisotopic (exact) mass is 1430 g/mol. The van der Waals surface area contributed by atoms with Gasteiger partial charge in [0.15, 0.2) is 11.6 Å². The number of carbonyl (C=O) groups excluding carboxylic acids is 8. The molecule has 1 aliphatic heterocycles. The number of amides is 4. The van der Waals surface area contributed by atoms with Gasteiger partial charge in [-0.25, -0.2) is 24.0 Å². The Morgan fingerprint density at radius 3 is 1.43 bits per heavy atom. The molecule has 21 heteroatoms. The molecule has 0 spiro atoms. The number of esters is 2. The molecule has 2 aromatic heterocycles. The molecular formula is C84H98N6O15. The van der Waals surface area contributed by atoms with Gasteiger partial charge in [0.2, 0.25) is 17.5 Å². The third kappa shape index (κ3) is 16.5. The van der Waals surface area contributed by atoms with Gasteiger partial charge in [0.25, 0.3) is 0 Å². The Kier molecular flexibility index (Phi) is 23.7. The van der Waals surface area contributed by atoms with Gasteiger partial charge in [0, 0.05) is 53.7 Å². The van der Waals surface area contributed by atoms with E-state index < -0.39 is 126 Å². The molecule has 12 rings (SSSR count). The van der Waals surface area contributed by atoms with E-state index in [4.69, 9.17) is 28.1 Å². The first-order valence-corrected chi connectivity index (χ1v) is 37.6. The fraction of sp³-hybridized carbons (Fsp3) is 0.476. The second-order valence-electron chi connectivity index (χ2n) is 30.4. The van der Waals surface area contributed by atoms with Crippen molar-refractivity contribution in [2.75, 3.05) is 19.8 Å². The van der Waals surface area contributed by atoms with Gasteiger partial charge in [-0.1, -0.05) is 209 Å². The number of hydrogen-bond acceptors (Lipinski definition) is 16. The van der Waals surface area contributed by atoms with Crippen molar-refractivity contribution in [1.29, 1.82) is 0 Å². The molecule has 554 valence electrons. The van der Waals surface area contributed by atoms with E-state index >= 15 is 0 Å². The lowest BCUT2D eigenvalue weighted by Crippen LogP contribution is -2.52. The van der Waals surface area contributed by atoms with E-state index in [1.165, 1.54) is 10.1 Å². The average molecular weight is 1430 g/mol. The average Bonchev–Trinajstić information content (AvgIpc) is 1.60. The number of hydrogen-bond donors (Lipinski definition) is 4. The maximum Gasteiger partial charge on any atom is 0.407 e. The molecule has 1 saturated heterocycles. The summed E-state index contributed by atoms with van der Waals surface area (Å²) in [4.78, 5) is 133. The predicted molar refractivity (Wildman–Crippen MR) is 395 cm³/mol. The molecule has 105 heavy (non-hydrogen) atoms. The van der Waals surface area contributed by atoms with Gasteiger partial charge in [-0.15, -0.1) is 0 Å². The quantitative estimate of drug-likeness (QED) is 0.0193. The molecule has 2 saturated carbocycles. The number of furan rings is 1. The van der Waals surface area contributed by atoms with Crippen LogP contribution >= 0.6 is 0 Å². The maximum absolute atomic E-state index is 14.8. The predicted octanol–water partition coefficient (Wildman–Crippen LogP) is 13.5. The Hall–Kier alpha value is -9.76. The van der Waals surface area contributed by atoms with Crippen LogP contribution in [-0.2, 0) is 58.9 Å². The lowest BCUT2D eigenvalue weighted by Gasteiger charge is -2.29. The Balaban J connectivity index is 0.714. The van der Waals surface area contributed by atoms with E-state index in [9.17, 15) is 43.2 Å². The summed E-state index contributed by atoms with van der Waals surface area (Å²) in [7, 11) is 0. The van der Waals surface area contributed by atoms with Crippen molar-refractivity contribution in [3.05, 3.63) is 172 Å². The van der Waals surface area contributed by atoms with E-state index in [2.05, 4.69) is 45.3 Å². The summed E-state index contributed by atoms with van der Waals surface area (Å²) >= 11 is 0. The fourth-order valence-corrected chi connectivity index (χ4v) is 16.2. The highest BCUT2D eigenvalue weighted by Crippen LogP contribution is 2.47. The van der Waals surface area contributed by atoms with Crippen molar-refractivity contribution in [2.24, 2.45) is 47.3 Å². The number of unbranched alkanes of at least 4 members (excludes halogenated alkanes) is 2. The highest BCUT2D eigenvalue weighted by atomic mass is 16.6. The molecule has 3 heterocycles. The molecule has 5 aliphatic rings. The molecule has 4 amide bonds. The van der Waals surface area contributed by atoms with Crippen LogP contribution in [-0.4, -0.2) is 113 Å². The fourth-order valence-electron chi connectivity index (χ4n) is 16.2. The first-order valence-electron chi connectivity index (χ1n) is 37.6. The molecule has 0 bridgehead atoms. The summed E-state index contributed by atoms with van der Waals surface area (Å²) in [5, 5.41) is 12.0. The molecule has 5 aromatic carbocycles. The summed E-state index contributed by atoms with van der Waals surface area (Å²) in [6, 6.07) is 37.4. The lowest BCUT2D eigenvalue weighted by atomic mass is 9.84. The van der Waals surface area contributed by atoms with Crippen molar-refractivity contribution >= 4 is 58.6 Å². The minimum atomic E-state index is -1.25. The topological polar surface area (TPSA) is 279 Å². The van der Waals surface area contributed by atoms with Crippen LogP contribution in [0.2, 0.25) is 0 Å². The van der Waals surface area contributed by atoms with Gasteiger partial charge in [-0.3, -0.25) is 23.7 Å². The highest BCUT2D eigenvalue weighted by Gasteiger charge is 2.47. The van der Waals surface area contributed by atoms with Gasteiger partial charge in [0.05, 0.1) is 17.5 Å². The van der Waals surface area contributed by atoms with E-state index in [1.807, 2.05) is 137 Å². The van der Waals surface area contributed by atoms with Crippen LogP contribution in [0.25, 0.3) is 44.7 Å². The Labute approximate surface area is 613 Å². The summed E-state index contributed by atoms with van der Waals surface area (Å²) in [6.45, 7) is 16.0. The summed E-state index contributed by atoms with van der Waals surface area (Å²) in [5.41, 5.74) is 9.84. The zero-order chi connectivity index (χ0) is 74.3. The highest BCUT2D eigenvalue weighted by molar-refractivity contribution is 5.97. The van der Waals surface area contributed by atoms with Crippen LogP contribution in [0.5, 0.6) is 0 Å². The zero-order valence-electron chi connectivity index (χ0n) is 61.4. The molecule has 0 radical (unpaired) electrons. The zero-order valence-corrected chi connectivity index (χ0v) is 61.4. The van der Waals surface area contributed by atoms with Crippen molar-refractivity contribution < 1.29 is 66.5 Å². The van der Waals surface area contributed by atoms with Crippen LogP contribution in [0, 0.1) is 47.3 Å². The number of aryl methyl sites for hydroxylation is 1. The Bertz CT molecular complexity index is 4310. The van der Waals surface area contributed by atoms with Crippen LogP contribution in [0.3, 0.4) is 0 Å². The lowest BCUT2D eigenvalue weighted by molar-refractivity contribution is -0.163. The molecule has 8 unspecified atom stereocenters. The summed E-state index contributed by atoms with van der Waals surface area (Å²) in [6.07, 6.45) is 3.21. The normalized spacial score (nSPS) is 20.8. The molecular weight excluding hydrogens is 1330 g/mol. The van der Waals surface area contributed by atoms with E-state index in [-0.39, 0.29) is 60.6 Å². The SMILES string of the molecule is CCCCCc1ccc(-c2cc3cn([C@H]4C[C@@H](OC(=O)C(NC(=O)C5CCCC5C(=O)C(NC(=O)OCC5c6ccccc6-c6ccccc65)C(C)C)C(C)C)[C@@H](COC(=O)C(NC(=O)C5CCCC5C(=O)C(NC(=O)OCC5c6ccccc6-c6ccccc65)C(C)C)C(C)C)O4)c(=O)nc3o2)cc1. The van der Waals surface area contributed by atoms with E-state index in [0.29, 0.717) is 49.7 Å². The number of nitrogens with zero attached hydrogens (tertiary/aromatic N) is 2. The molecule has 7 aromatic rings. The second-order valence-corrected chi connectivity index (χ2v) is 30.4. The van der Waals surface area contributed by atoms with Gasteiger partial charge in [0.1, 0.15) is 56.1 Å². The number of nitrogens with one attached hydrogen (secondary N) is 4. The second kappa shape index (κ2) is 33.1. The number of alkyl carbamates (subject to hydrolysis) is 2. The number of aromatic nitrogens is 2. The van der Waals surface area contributed by atoms with E-state index in [0.717, 1.165) is 75.8 Å². The number of rotatable bonds is 29. The van der Waals surface area contributed by atoms with Crippen LogP contribution in [0.15, 0.2) is 143 Å². The standard InChI is InChI=1S/C84H98N6O15/c1-10-11-12-23-50-36-38-51(39-37-50)67-40-52-42-90(82(97)89-79(52)104-67)70-41-68(105-81(96)74(49(8)9)86-78(94)64-35-22-33-62(64)76(92)72(47(4)5)88-84(99)102-44-66-59-30-19-15-26-55(59)56-27-16-20-31-60(56)66)69(103-70)45-100-80(95)73(48(6)7)85-77(93)63-34-21-32-61(63)75(91)71(46(2)3)87-83(98)101-43-65-57-28-17-13-24-53(57)54-25-14-18-29-58(54)65/h13-20,24-31,36-40,42,46-49,61-66,68-74H,10-12,21-23,32-35,41,43-45H2,1-9H3,(H,85,93)(H,86,94)(H,87,98)(H,88,99)/t61?,62?,63?,64?,68-,69-,70-,71?,72?,73?,74?/m1/s1. The van der Waals surface area contributed by atoms with E-state index in [1.54, 1.807) is 40.0 Å². The van der Waals surface area contributed by atoms with Crippen molar-refractivity contribution in [3.63, 3.8) is 0 Å². The smallest absolute Gasteiger partial charge is 0.407 e. The Morgan fingerprint density at radius 1 is 0.524 bits per heavy atom. The van der Waals surface area contributed by atoms with Crippen LogP contribution in [0.4, 0.5) is 9.59 Å². The number of Topliss-reactive ketones (excluding diaryl/α,β-unsaturated/α-hetero) is 2. The summed E-state index contributed by atoms with van der Waals surface area (Å²) in [5.74, 6) is -8.34. The van der Waals surface area contributed by atoms with Crippen molar-refractivity contribution in [2.45, 2.75) is 187 Å². The number of benzene rings is 5. The molecule has 3 fully saturated rings. The number of fused-ring (bicyclic) bond motifs is 7. The third-order valence-electron chi connectivity index (χ3n) is 21.9. The van der Waals surface area contributed by atoms with Crippen LogP contribution < -0.4 is 27.0 Å². The largest absolute Gasteiger partial charge is 0.461 e. The van der Waals surface area contributed by atoms with Crippen molar-refractivity contribution in [1.82, 2.24) is 30.8 Å². The van der Waals surface area contributed by atoms with Gasteiger partial charge in [-0.2, -0.15) is 4.98 Å². The van der Waals surface area contributed by atoms with Crippen molar-refractivity contribution in [3.8, 4) is 33.6 Å². The minimum Gasteiger partial charge on any atom is -0.461 e. The maximum atomic E-state index is 14.8. The van der Waals surface area contributed by atoms with Gasteiger partial charge >= 0.3 is 29.8 Å². The first kappa shape index (κ1) is 74.9. The third-order valence-corrected chi connectivity index (χ3v) is 21.9. The molecule has 4 aliphatic carbocycles. The number of carbonyl (C=O) groups is 8. The summed E-state index contributed by atoms with van der Waals surface area (Å²) < 4.78 is 38.0. The number of ether oxygens (including phenoxy) is 5. The first-order chi connectivity index (χ1) is 50.6. The molecule has 11 atom stereocenters. The molecule has 4 N–H and O–H groups in total. The van der Waals surface area contributed by atoms with Gasteiger partial charge in [-0.05, 0) is 118 Å².